The Hall–Kier alpha value is -2.57. The van der Waals surface area contributed by atoms with E-state index in [1.54, 1.807) is 24.3 Å². The molecular formula is C15H19NO6. The highest BCUT2D eigenvalue weighted by Crippen LogP contribution is 2.13. The molecule has 0 saturated carbocycles. The van der Waals surface area contributed by atoms with E-state index in [-0.39, 0.29) is 25.4 Å². The Kier molecular flexibility index (Phi) is 6.88. The van der Waals surface area contributed by atoms with E-state index in [2.05, 4.69) is 9.47 Å². The first-order valence-electron chi connectivity index (χ1n) is 6.58. The maximum absolute atomic E-state index is 12.4. The lowest BCUT2D eigenvalue weighted by Crippen LogP contribution is -2.37. The third-order valence-electron chi connectivity index (χ3n) is 2.99. The van der Waals surface area contributed by atoms with Gasteiger partial charge in [-0.25, -0.2) is 0 Å². The third-order valence-corrected chi connectivity index (χ3v) is 2.99. The number of nitrogens with zero attached hydrogens (tertiary/aromatic N) is 1. The van der Waals surface area contributed by atoms with E-state index in [0.717, 1.165) is 0 Å². The van der Waals surface area contributed by atoms with Crippen LogP contribution in [0.1, 0.15) is 16.8 Å². The number of carbonyl (C=O) groups is 3. The molecule has 0 aliphatic rings. The van der Waals surface area contributed by atoms with Gasteiger partial charge in [0.2, 0.25) is 0 Å². The van der Waals surface area contributed by atoms with Crippen molar-refractivity contribution >= 4 is 17.8 Å². The highest BCUT2D eigenvalue weighted by atomic mass is 16.5. The number of ether oxygens (including phenoxy) is 3. The van der Waals surface area contributed by atoms with Gasteiger partial charge in [0.15, 0.2) is 0 Å². The molecule has 7 heteroatoms. The molecule has 1 aromatic carbocycles. The Morgan fingerprint density at radius 1 is 0.955 bits per heavy atom. The Labute approximate surface area is 128 Å². The maximum Gasteiger partial charge on any atom is 0.325 e. The molecule has 0 heterocycles. The van der Waals surface area contributed by atoms with Crippen molar-refractivity contribution in [2.75, 3.05) is 34.4 Å². The minimum absolute atomic E-state index is 0.00457. The van der Waals surface area contributed by atoms with E-state index >= 15 is 0 Å². The number of amides is 1. The summed E-state index contributed by atoms with van der Waals surface area (Å²) in [5.41, 5.74) is 0.384. The van der Waals surface area contributed by atoms with Gasteiger partial charge in [-0.15, -0.1) is 0 Å². The molecular weight excluding hydrogens is 290 g/mol. The molecule has 7 nitrogen and oxygen atoms in total. The van der Waals surface area contributed by atoms with Gasteiger partial charge in [0.1, 0.15) is 12.3 Å². The molecule has 0 radical (unpaired) electrons. The highest BCUT2D eigenvalue weighted by Gasteiger charge is 2.20. The Bertz CT molecular complexity index is 525. The first kappa shape index (κ1) is 17.5. The lowest BCUT2D eigenvalue weighted by atomic mass is 10.2. The van der Waals surface area contributed by atoms with Crippen LogP contribution >= 0.6 is 0 Å². The van der Waals surface area contributed by atoms with Gasteiger partial charge < -0.3 is 19.1 Å². The van der Waals surface area contributed by atoms with E-state index < -0.39 is 11.9 Å². The van der Waals surface area contributed by atoms with Crippen molar-refractivity contribution < 1.29 is 28.6 Å². The number of carbonyl (C=O) groups excluding carboxylic acids is 3. The average molecular weight is 309 g/mol. The number of rotatable bonds is 7. The second-order valence-corrected chi connectivity index (χ2v) is 4.36. The molecule has 22 heavy (non-hydrogen) atoms. The van der Waals surface area contributed by atoms with Crippen molar-refractivity contribution in [1.82, 2.24) is 4.90 Å². The fourth-order valence-corrected chi connectivity index (χ4v) is 1.72. The Balaban J connectivity index is 2.84. The summed E-state index contributed by atoms with van der Waals surface area (Å²) >= 11 is 0. The summed E-state index contributed by atoms with van der Waals surface area (Å²) in [5, 5.41) is 0. The molecule has 1 aromatic rings. The summed E-state index contributed by atoms with van der Waals surface area (Å²) in [7, 11) is 4.02. The van der Waals surface area contributed by atoms with E-state index in [9.17, 15) is 14.4 Å². The number of esters is 2. The van der Waals surface area contributed by atoms with Crippen LogP contribution in [0.2, 0.25) is 0 Å². The fraction of sp³-hybridized carbons (Fsp3) is 0.400. The molecule has 0 fully saturated rings. The molecule has 120 valence electrons. The lowest BCUT2D eigenvalue weighted by molar-refractivity contribution is -0.143. The first-order valence-corrected chi connectivity index (χ1v) is 6.58. The largest absolute Gasteiger partial charge is 0.497 e. The summed E-state index contributed by atoms with van der Waals surface area (Å²) in [6.07, 6.45) is -0.00457. The van der Waals surface area contributed by atoms with E-state index in [1.165, 1.54) is 26.2 Å². The number of methoxy groups -OCH3 is 3. The van der Waals surface area contributed by atoms with Crippen molar-refractivity contribution in [3.05, 3.63) is 29.8 Å². The zero-order valence-corrected chi connectivity index (χ0v) is 12.8. The minimum Gasteiger partial charge on any atom is -0.497 e. The smallest absolute Gasteiger partial charge is 0.325 e. The van der Waals surface area contributed by atoms with E-state index in [0.29, 0.717) is 11.3 Å². The monoisotopic (exact) mass is 309 g/mol. The topological polar surface area (TPSA) is 82.1 Å². The van der Waals surface area contributed by atoms with E-state index in [1.807, 2.05) is 0 Å². The van der Waals surface area contributed by atoms with Crippen molar-refractivity contribution in [3.63, 3.8) is 0 Å². The second kappa shape index (κ2) is 8.66. The van der Waals surface area contributed by atoms with Gasteiger partial charge in [-0.1, -0.05) is 0 Å². The number of hydrogen-bond acceptors (Lipinski definition) is 6. The molecule has 0 N–H and O–H groups in total. The quantitative estimate of drug-likeness (QED) is 0.695. The lowest BCUT2D eigenvalue weighted by Gasteiger charge is -2.21. The van der Waals surface area contributed by atoms with Gasteiger partial charge >= 0.3 is 11.9 Å². The zero-order valence-electron chi connectivity index (χ0n) is 12.8. The predicted molar refractivity (Wildman–Crippen MR) is 77.5 cm³/mol. The maximum atomic E-state index is 12.4. The normalized spacial score (nSPS) is 9.77. The molecule has 1 amide bonds. The van der Waals surface area contributed by atoms with Crippen LogP contribution < -0.4 is 4.74 Å². The van der Waals surface area contributed by atoms with Gasteiger partial charge in [-0.05, 0) is 24.3 Å². The van der Waals surface area contributed by atoms with Crippen LogP contribution in [0.4, 0.5) is 0 Å². The molecule has 1 rings (SSSR count). The first-order chi connectivity index (χ1) is 10.5. The van der Waals surface area contributed by atoms with Crippen molar-refractivity contribution in [2.45, 2.75) is 6.42 Å². The van der Waals surface area contributed by atoms with Gasteiger partial charge in [0.25, 0.3) is 5.91 Å². The van der Waals surface area contributed by atoms with Gasteiger partial charge in [-0.3, -0.25) is 14.4 Å². The molecule has 0 unspecified atom stereocenters. The standard InChI is InChI=1S/C15H19NO6/c1-20-12-6-4-11(5-7-12)15(19)16(10-14(18)22-3)9-8-13(17)21-2/h4-7H,8-10H2,1-3H3. The summed E-state index contributed by atoms with van der Waals surface area (Å²) in [6.45, 7) is -0.176. The Morgan fingerprint density at radius 3 is 2.05 bits per heavy atom. The van der Waals surface area contributed by atoms with Gasteiger partial charge in [0.05, 0.1) is 27.8 Å². The number of benzene rings is 1. The van der Waals surface area contributed by atoms with Crippen LogP contribution in [0.5, 0.6) is 5.75 Å². The zero-order chi connectivity index (χ0) is 16.5. The van der Waals surface area contributed by atoms with Crippen LogP contribution in [0.25, 0.3) is 0 Å². The molecule has 0 aliphatic carbocycles. The molecule has 0 spiro atoms. The van der Waals surface area contributed by atoms with Gasteiger partial charge in [-0.2, -0.15) is 0 Å². The average Bonchev–Trinajstić information content (AvgIpc) is 2.57. The SMILES string of the molecule is COC(=O)CCN(CC(=O)OC)C(=O)c1ccc(OC)cc1. The second-order valence-electron chi connectivity index (χ2n) is 4.36. The van der Waals surface area contributed by atoms with E-state index in [4.69, 9.17) is 4.74 Å². The fourth-order valence-electron chi connectivity index (χ4n) is 1.72. The van der Waals surface area contributed by atoms with Crippen LogP contribution in [0.15, 0.2) is 24.3 Å². The van der Waals surface area contributed by atoms with Crippen molar-refractivity contribution in [1.29, 1.82) is 0 Å². The van der Waals surface area contributed by atoms with Crippen LogP contribution in [-0.4, -0.2) is 57.2 Å². The molecule has 0 saturated heterocycles. The molecule has 0 bridgehead atoms. The van der Waals surface area contributed by atoms with Crippen molar-refractivity contribution in [2.24, 2.45) is 0 Å². The van der Waals surface area contributed by atoms with Crippen LogP contribution in [-0.2, 0) is 19.1 Å². The molecule has 0 atom stereocenters. The van der Waals surface area contributed by atoms with Crippen LogP contribution in [0, 0.1) is 0 Å². The predicted octanol–water partition coefficient (Wildman–Crippen LogP) is 0.873. The van der Waals surface area contributed by atoms with Gasteiger partial charge in [0, 0.05) is 12.1 Å². The minimum atomic E-state index is -0.563. The van der Waals surface area contributed by atoms with Crippen molar-refractivity contribution in [3.8, 4) is 5.75 Å². The highest BCUT2D eigenvalue weighted by molar-refractivity contribution is 5.96. The third kappa shape index (κ3) is 5.08. The molecule has 0 aromatic heterocycles. The summed E-state index contributed by atoms with van der Waals surface area (Å²) in [6, 6.07) is 6.46. The molecule has 0 aliphatic heterocycles. The number of hydrogen-bond donors (Lipinski definition) is 0. The summed E-state index contributed by atoms with van der Waals surface area (Å²) in [5.74, 6) is -0.785. The summed E-state index contributed by atoms with van der Waals surface area (Å²) in [4.78, 5) is 36.3. The summed E-state index contributed by atoms with van der Waals surface area (Å²) < 4.78 is 14.1. The Morgan fingerprint density at radius 2 is 1.55 bits per heavy atom. The van der Waals surface area contributed by atoms with Crippen LogP contribution in [0.3, 0.4) is 0 Å².